The van der Waals surface area contributed by atoms with Crippen molar-refractivity contribution < 1.29 is 45.1 Å². The lowest BCUT2D eigenvalue weighted by Crippen LogP contribution is -2.68. The van der Waals surface area contributed by atoms with Gasteiger partial charge in [0.05, 0.1) is 23.7 Å². The molecule has 0 radical (unpaired) electrons. The van der Waals surface area contributed by atoms with Gasteiger partial charge in [-0.2, -0.15) is 26.3 Å². The summed E-state index contributed by atoms with van der Waals surface area (Å²) in [6.07, 6.45) is -7.46. The summed E-state index contributed by atoms with van der Waals surface area (Å²) in [5.74, 6) is -1.03. The lowest BCUT2D eigenvalue weighted by Gasteiger charge is -2.54. The summed E-state index contributed by atoms with van der Waals surface area (Å²) in [4.78, 5) is 35.6. The molecular formula is C31H35F7N4O3S. The van der Waals surface area contributed by atoms with E-state index in [9.17, 15) is 35.9 Å². The number of allylic oxidation sites excluding steroid dienone is 1. The number of anilines is 1. The van der Waals surface area contributed by atoms with Gasteiger partial charge in [0.1, 0.15) is 22.6 Å². The van der Waals surface area contributed by atoms with E-state index in [1.54, 1.807) is 20.8 Å². The van der Waals surface area contributed by atoms with Crippen LogP contribution in [0, 0.1) is 11.8 Å². The van der Waals surface area contributed by atoms with Crippen molar-refractivity contribution in [2.75, 3.05) is 31.1 Å². The number of piperidine rings is 2. The number of rotatable bonds is 4. The number of halogens is 7. The van der Waals surface area contributed by atoms with Crippen LogP contribution in [0.15, 0.2) is 23.9 Å². The molecule has 4 atom stereocenters. The van der Waals surface area contributed by atoms with Crippen LogP contribution in [0.4, 0.5) is 41.2 Å². The minimum atomic E-state index is -4.83. The fourth-order valence-electron chi connectivity index (χ4n) is 6.90. The van der Waals surface area contributed by atoms with Crippen LogP contribution >= 0.6 is 11.3 Å². The molecule has 0 N–H and O–H groups in total. The second kappa shape index (κ2) is 11.6. The number of carbonyl (C=O) groups is 2. The monoisotopic (exact) mass is 676 g/mol. The van der Waals surface area contributed by atoms with Crippen molar-refractivity contribution in [1.82, 2.24) is 14.8 Å². The smallest absolute Gasteiger partial charge is 0.419 e. The van der Waals surface area contributed by atoms with E-state index < -0.39 is 66.1 Å². The van der Waals surface area contributed by atoms with Crippen molar-refractivity contribution in [2.24, 2.45) is 11.8 Å². The van der Waals surface area contributed by atoms with Crippen molar-refractivity contribution in [1.29, 1.82) is 0 Å². The summed E-state index contributed by atoms with van der Waals surface area (Å²) in [5.41, 5.74) is -1.71. The zero-order valence-electron chi connectivity index (χ0n) is 25.6. The standard InChI is InChI=1S/C31H35F7N4O3S/c1-29(2,3)45-28(44)42-22-7-6-18(23(32)19(22)12-16-4-5-16)25(42)27(43)41-10-8-40(9-11-41)24-20-13-17(14-30(33,34)35)46-26(20)39-15-21(24)31(36,37)38/h12-13,15-16,18,22-23,25H,4-11,14H2,1-3H3/b19-12+/t18-,22+,23-,25+/m1/s1. The molecule has 252 valence electrons. The fourth-order valence-corrected chi connectivity index (χ4v) is 7.94. The van der Waals surface area contributed by atoms with Crippen molar-refractivity contribution in [3.63, 3.8) is 0 Å². The van der Waals surface area contributed by atoms with E-state index in [1.807, 2.05) is 6.08 Å². The average Bonchev–Trinajstić information content (AvgIpc) is 3.68. The van der Waals surface area contributed by atoms with Crippen molar-refractivity contribution >= 4 is 39.2 Å². The summed E-state index contributed by atoms with van der Waals surface area (Å²) in [5, 5.41) is -0.0326. The molecule has 2 aromatic rings. The van der Waals surface area contributed by atoms with E-state index in [4.69, 9.17) is 4.74 Å². The molecule has 5 heterocycles. The molecule has 3 saturated heterocycles. The zero-order chi connectivity index (χ0) is 33.3. The molecule has 2 aromatic heterocycles. The summed E-state index contributed by atoms with van der Waals surface area (Å²) < 4.78 is 103. The van der Waals surface area contributed by atoms with Gasteiger partial charge in [0.15, 0.2) is 0 Å². The van der Waals surface area contributed by atoms with Crippen molar-refractivity contribution in [3.8, 4) is 0 Å². The molecule has 2 aliphatic carbocycles. The van der Waals surface area contributed by atoms with E-state index in [0.717, 1.165) is 18.9 Å². The van der Waals surface area contributed by atoms with Crippen LogP contribution in [0.2, 0.25) is 0 Å². The van der Waals surface area contributed by atoms with Gasteiger partial charge >= 0.3 is 18.4 Å². The maximum absolute atomic E-state index is 16.0. The highest BCUT2D eigenvalue weighted by atomic mass is 32.1. The highest BCUT2D eigenvalue weighted by molar-refractivity contribution is 7.18. The first-order chi connectivity index (χ1) is 21.4. The summed E-state index contributed by atoms with van der Waals surface area (Å²) in [7, 11) is 0. The predicted molar refractivity (Wildman–Crippen MR) is 157 cm³/mol. The van der Waals surface area contributed by atoms with Crippen LogP contribution in [0.25, 0.3) is 10.2 Å². The van der Waals surface area contributed by atoms with Gasteiger partial charge in [-0.1, -0.05) is 6.08 Å². The Morgan fingerprint density at radius 1 is 1.02 bits per heavy atom. The van der Waals surface area contributed by atoms with Crippen LogP contribution in [-0.4, -0.2) is 83.0 Å². The highest BCUT2D eigenvalue weighted by Gasteiger charge is 2.57. The van der Waals surface area contributed by atoms with E-state index in [2.05, 4.69) is 4.98 Å². The van der Waals surface area contributed by atoms with Gasteiger partial charge in [0.2, 0.25) is 5.91 Å². The Labute approximate surface area is 265 Å². The summed E-state index contributed by atoms with van der Waals surface area (Å²) >= 11 is 0.688. The van der Waals surface area contributed by atoms with Crippen LogP contribution in [0.1, 0.15) is 56.9 Å². The first-order valence-corrected chi connectivity index (χ1v) is 16.2. The second-order valence-electron chi connectivity index (χ2n) is 13.5. The van der Waals surface area contributed by atoms with Gasteiger partial charge in [-0.15, -0.1) is 11.3 Å². The molecule has 15 heteroatoms. The molecule has 46 heavy (non-hydrogen) atoms. The van der Waals surface area contributed by atoms with Gasteiger partial charge in [-0.05, 0) is 64.0 Å². The number of piperazine rings is 1. The third kappa shape index (κ3) is 6.52. The number of nitrogens with zero attached hydrogens (tertiary/aromatic N) is 4. The quantitative estimate of drug-likeness (QED) is 0.255. The van der Waals surface area contributed by atoms with E-state index in [1.165, 1.54) is 14.7 Å². The second-order valence-corrected chi connectivity index (χ2v) is 14.7. The number of amides is 2. The average molecular weight is 677 g/mol. The molecule has 5 fully saturated rings. The first kappa shape index (κ1) is 32.8. The highest BCUT2D eigenvalue weighted by Crippen LogP contribution is 2.48. The summed E-state index contributed by atoms with van der Waals surface area (Å²) in [6, 6.07) is -0.657. The SMILES string of the molecule is CC(C)(C)OC(=O)N1[C@H](C(=O)N2CCN(c3c(C(F)(F)F)cnc4sc(CC(F)(F)F)cc34)CC2)[C@@H]2CC[C@H]1/C(=C\C1CC1)[C@@H]2F. The summed E-state index contributed by atoms with van der Waals surface area (Å²) in [6.45, 7) is 4.93. The number of aromatic nitrogens is 1. The topological polar surface area (TPSA) is 66.0 Å². The van der Waals surface area contributed by atoms with E-state index in [-0.39, 0.29) is 52.9 Å². The van der Waals surface area contributed by atoms with E-state index >= 15 is 4.39 Å². The predicted octanol–water partition coefficient (Wildman–Crippen LogP) is 7.14. The van der Waals surface area contributed by atoms with Gasteiger partial charge in [0, 0.05) is 48.6 Å². The third-order valence-electron chi connectivity index (χ3n) is 8.97. The van der Waals surface area contributed by atoms with Gasteiger partial charge in [0.25, 0.3) is 0 Å². The Hall–Kier alpha value is -3.10. The molecule has 7 nitrogen and oxygen atoms in total. The lowest BCUT2D eigenvalue weighted by molar-refractivity contribution is -0.146. The Morgan fingerprint density at radius 2 is 1.70 bits per heavy atom. The number of alkyl halides is 7. The number of ether oxygens (including phenoxy) is 1. The van der Waals surface area contributed by atoms with Gasteiger partial charge in [-0.3, -0.25) is 9.69 Å². The number of pyridine rings is 1. The molecule has 3 aliphatic heterocycles. The number of thiophene rings is 1. The number of hydrogen-bond acceptors (Lipinski definition) is 6. The van der Waals surface area contributed by atoms with Gasteiger partial charge in [-0.25, -0.2) is 14.2 Å². The van der Waals surface area contributed by atoms with Crippen LogP contribution in [0.3, 0.4) is 0 Å². The normalized spacial score (nSPS) is 26.7. The first-order valence-electron chi connectivity index (χ1n) is 15.4. The molecular weight excluding hydrogens is 641 g/mol. The number of carbonyl (C=O) groups excluding carboxylic acids is 2. The Bertz CT molecular complexity index is 1540. The lowest BCUT2D eigenvalue weighted by atomic mass is 9.69. The zero-order valence-corrected chi connectivity index (χ0v) is 26.4. The maximum Gasteiger partial charge on any atom is 0.419 e. The van der Waals surface area contributed by atoms with Crippen LogP contribution < -0.4 is 4.90 Å². The molecule has 0 unspecified atom stereocenters. The Morgan fingerprint density at radius 3 is 2.28 bits per heavy atom. The van der Waals surface area contributed by atoms with Crippen LogP contribution in [-0.2, 0) is 22.1 Å². The molecule has 7 rings (SSSR count). The minimum absolute atomic E-state index is 0.0305. The van der Waals surface area contributed by atoms with Crippen LogP contribution in [0.5, 0.6) is 0 Å². The van der Waals surface area contributed by atoms with Gasteiger partial charge < -0.3 is 14.5 Å². The molecule has 0 aromatic carbocycles. The fraction of sp³-hybridized carbons (Fsp3) is 0.645. The minimum Gasteiger partial charge on any atom is -0.444 e. The third-order valence-corrected chi connectivity index (χ3v) is 10.0. The molecule has 2 saturated carbocycles. The van der Waals surface area contributed by atoms with Crippen molar-refractivity contribution in [3.05, 3.63) is 34.4 Å². The molecule has 2 amide bonds. The van der Waals surface area contributed by atoms with Crippen molar-refractivity contribution in [2.45, 2.75) is 89.1 Å². The molecule has 5 aliphatic rings. The molecule has 0 spiro atoms. The number of hydrogen-bond donors (Lipinski definition) is 0. The maximum atomic E-state index is 16.0. The Balaban J connectivity index is 1.26. The molecule has 2 bridgehead atoms. The largest absolute Gasteiger partial charge is 0.444 e. The van der Waals surface area contributed by atoms with E-state index in [0.29, 0.717) is 35.9 Å². The number of fused-ring (bicyclic) bond motifs is 4. The Kier molecular flexibility index (Phi) is 8.24.